The molecule has 110 valence electrons. The number of rotatable bonds is 3. The van der Waals surface area contributed by atoms with Crippen molar-refractivity contribution in [3.63, 3.8) is 0 Å². The van der Waals surface area contributed by atoms with Gasteiger partial charge in [0.2, 0.25) is 5.91 Å². The molecule has 1 aliphatic heterocycles. The van der Waals surface area contributed by atoms with Crippen molar-refractivity contribution >= 4 is 23.3 Å². The Hall–Kier alpha value is -2.17. The SMILES string of the molecule is CC1(C)C(=O)Nc2ccc(C(=O)C3CCC3C(=O)O)cc21. The summed E-state index contributed by atoms with van der Waals surface area (Å²) < 4.78 is 0. The van der Waals surface area contributed by atoms with E-state index in [4.69, 9.17) is 5.11 Å². The Morgan fingerprint density at radius 2 is 1.90 bits per heavy atom. The van der Waals surface area contributed by atoms with Crippen molar-refractivity contribution in [2.45, 2.75) is 32.1 Å². The highest BCUT2D eigenvalue weighted by Crippen LogP contribution is 2.40. The molecule has 2 unspecified atom stereocenters. The molecule has 1 amide bonds. The fraction of sp³-hybridized carbons (Fsp3) is 0.438. The molecule has 2 atom stereocenters. The first-order valence-corrected chi connectivity index (χ1v) is 7.05. The number of aliphatic carboxylic acids is 1. The summed E-state index contributed by atoms with van der Waals surface area (Å²) in [6.07, 6.45) is 1.18. The van der Waals surface area contributed by atoms with Crippen LogP contribution in [0.5, 0.6) is 0 Å². The van der Waals surface area contributed by atoms with Gasteiger partial charge < -0.3 is 10.4 Å². The van der Waals surface area contributed by atoms with E-state index in [0.29, 0.717) is 18.4 Å². The van der Waals surface area contributed by atoms with Gasteiger partial charge in [-0.05, 0) is 50.5 Å². The van der Waals surface area contributed by atoms with E-state index in [9.17, 15) is 14.4 Å². The Balaban J connectivity index is 1.92. The first-order valence-electron chi connectivity index (χ1n) is 7.05. The highest BCUT2D eigenvalue weighted by Gasteiger charge is 2.43. The van der Waals surface area contributed by atoms with Crippen LogP contribution in [0.4, 0.5) is 5.69 Å². The zero-order valence-corrected chi connectivity index (χ0v) is 12.0. The minimum atomic E-state index is -0.905. The molecule has 2 aliphatic rings. The Morgan fingerprint density at radius 3 is 2.48 bits per heavy atom. The fourth-order valence-corrected chi connectivity index (χ4v) is 3.05. The molecule has 0 aromatic heterocycles. The van der Waals surface area contributed by atoms with Crippen LogP contribution in [0, 0.1) is 11.8 Å². The van der Waals surface area contributed by atoms with Gasteiger partial charge >= 0.3 is 5.97 Å². The lowest BCUT2D eigenvalue weighted by Gasteiger charge is -2.32. The molecule has 5 nitrogen and oxygen atoms in total. The van der Waals surface area contributed by atoms with Crippen molar-refractivity contribution in [3.8, 4) is 0 Å². The van der Waals surface area contributed by atoms with Crippen LogP contribution in [0.3, 0.4) is 0 Å². The lowest BCUT2D eigenvalue weighted by Crippen LogP contribution is -2.38. The number of amides is 1. The van der Waals surface area contributed by atoms with Gasteiger partial charge in [0.15, 0.2) is 5.78 Å². The average Bonchev–Trinajstić information content (AvgIpc) is 2.58. The van der Waals surface area contributed by atoms with Crippen LogP contribution in [-0.2, 0) is 15.0 Å². The summed E-state index contributed by atoms with van der Waals surface area (Å²) >= 11 is 0. The molecular weight excluding hydrogens is 270 g/mol. The second-order valence-electron chi connectivity index (χ2n) is 6.33. The predicted molar refractivity (Wildman–Crippen MR) is 76.3 cm³/mol. The van der Waals surface area contributed by atoms with E-state index < -0.39 is 23.2 Å². The standard InChI is InChI=1S/C16H17NO4/c1-16(2)11-7-8(3-6-12(11)17-15(16)21)13(18)9-4-5-10(9)14(19)20/h3,6-7,9-10H,4-5H2,1-2H3,(H,17,21)(H,19,20). The second-order valence-corrected chi connectivity index (χ2v) is 6.33. The molecule has 0 radical (unpaired) electrons. The molecule has 21 heavy (non-hydrogen) atoms. The molecule has 1 aromatic carbocycles. The number of carbonyl (C=O) groups is 3. The molecule has 0 bridgehead atoms. The number of Topliss-reactive ketones (excluding diaryl/α,β-unsaturated/α-hetero) is 1. The second kappa shape index (κ2) is 4.41. The van der Waals surface area contributed by atoms with E-state index >= 15 is 0 Å². The first kappa shape index (κ1) is 13.8. The minimum Gasteiger partial charge on any atom is -0.481 e. The van der Waals surface area contributed by atoms with E-state index in [2.05, 4.69) is 5.32 Å². The van der Waals surface area contributed by atoms with Gasteiger partial charge in [0, 0.05) is 17.2 Å². The highest BCUT2D eigenvalue weighted by molar-refractivity contribution is 6.07. The van der Waals surface area contributed by atoms with E-state index in [1.54, 1.807) is 18.2 Å². The van der Waals surface area contributed by atoms with Crippen molar-refractivity contribution in [2.75, 3.05) is 5.32 Å². The summed E-state index contributed by atoms with van der Waals surface area (Å²) in [6.45, 7) is 3.62. The third-order valence-corrected chi connectivity index (χ3v) is 4.72. The maximum absolute atomic E-state index is 12.5. The third kappa shape index (κ3) is 1.95. The molecular formula is C16H17NO4. The maximum atomic E-state index is 12.5. The monoisotopic (exact) mass is 287 g/mol. The van der Waals surface area contributed by atoms with Gasteiger partial charge in [0.05, 0.1) is 11.3 Å². The van der Waals surface area contributed by atoms with Crippen LogP contribution < -0.4 is 5.32 Å². The van der Waals surface area contributed by atoms with Gasteiger partial charge in [-0.15, -0.1) is 0 Å². The van der Waals surface area contributed by atoms with Crippen molar-refractivity contribution < 1.29 is 19.5 Å². The van der Waals surface area contributed by atoms with Crippen molar-refractivity contribution in [2.24, 2.45) is 11.8 Å². The first-order chi connectivity index (χ1) is 9.82. The van der Waals surface area contributed by atoms with E-state index in [1.807, 2.05) is 13.8 Å². The molecule has 1 aromatic rings. The molecule has 1 saturated carbocycles. The number of nitrogens with one attached hydrogen (secondary N) is 1. The number of benzene rings is 1. The Labute approximate surface area is 122 Å². The minimum absolute atomic E-state index is 0.0887. The van der Waals surface area contributed by atoms with Gasteiger partial charge in [-0.3, -0.25) is 14.4 Å². The van der Waals surface area contributed by atoms with Crippen LogP contribution in [0.2, 0.25) is 0 Å². The number of carboxylic acids is 1. The van der Waals surface area contributed by atoms with Crippen molar-refractivity contribution in [1.82, 2.24) is 0 Å². The largest absolute Gasteiger partial charge is 0.481 e. The Kier molecular flexibility index (Phi) is 2.90. The quantitative estimate of drug-likeness (QED) is 0.835. The molecule has 3 rings (SSSR count). The topological polar surface area (TPSA) is 83.5 Å². The van der Waals surface area contributed by atoms with Gasteiger partial charge in [-0.25, -0.2) is 0 Å². The maximum Gasteiger partial charge on any atom is 0.307 e. The predicted octanol–water partition coefficient (Wildman–Crippen LogP) is 2.21. The van der Waals surface area contributed by atoms with E-state index in [-0.39, 0.29) is 11.7 Å². The lowest BCUT2D eigenvalue weighted by atomic mass is 9.70. The normalized spacial score (nSPS) is 25.7. The highest BCUT2D eigenvalue weighted by atomic mass is 16.4. The Morgan fingerprint density at radius 1 is 1.24 bits per heavy atom. The van der Waals surface area contributed by atoms with Gasteiger partial charge in [0.25, 0.3) is 0 Å². The van der Waals surface area contributed by atoms with E-state index in [1.165, 1.54) is 0 Å². The number of anilines is 1. The van der Waals surface area contributed by atoms with Crippen LogP contribution in [-0.4, -0.2) is 22.8 Å². The zero-order chi connectivity index (χ0) is 15.4. The van der Waals surface area contributed by atoms with Gasteiger partial charge in [-0.1, -0.05) is 0 Å². The third-order valence-electron chi connectivity index (χ3n) is 4.72. The van der Waals surface area contributed by atoms with Gasteiger partial charge in [0.1, 0.15) is 0 Å². The van der Waals surface area contributed by atoms with Crippen LogP contribution >= 0.6 is 0 Å². The number of carboxylic acid groups (broad SMARTS) is 1. The van der Waals surface area contributed by atoms with Crippen molar-refractivity contribution in [1.29, 1.82) is 0 Å². The molecule has 1 fully saturated rings. The molecule has 1 heterocycles. The molecule has 2 N–H and O–H groups in total. The molecule has 1 aliphatic carbocycles. The summed E-state index contributed by atoms with van der Waals surface area (Å²) in [7, 11) is 0. The number of hydrogen-bond acceptors (Lipinski definition) is 3. The summed E-state index contributed by atoms with van der Waals surface area (Å²) in [5.74, 6) is -2.13. The smallest absolute Gasteiger partial charge is 0.307 e. The van der Waals surface area contributed by atoms with Crippen LogP contribution in [0.25, 0.3) is 0 Å². The summed E-state index contributed by atoms with van der Waals surface area (Å²) in [4.78, 5) is 35.4. The van der Waals surface area contributed by atoms with Crippen LogP contribution in [0.15, 0.2) is 18.2 Å². The molecule has 0 spiro atoms. The zero-order valence-electron chi connectivity index (χ0n) is 12.0. The number of fused-ring (bicyclic) bond motifs is 1. The number of carbonyl (C=O) groups excluding carboxylic acids is 2. The summed E-state index contributed by atoms with van der Waals surface area (Å²) in [5, 5.41) is 11.9. The van der Waals surface area contributed by atoms with Crippen molar-refractivity contribution in [3.05, 3.63) is 29.3 Å². The fourth-order valence-electron chi connectivity index (χ4n) is 3.05. The van der Waals surface area contributed by atoms with E-state index in [0.717, 1.165) is 11.3 Å². The Bertz CT molecular complexity index is 662. The summed E-state index contributed by atoms with van der Waals surface area (Å²) in [5.41, 5.74) is 1.35. The van der Waals surface area contributed by atoms with Gasteiger partial charge in [-0.2, -0.15) is 0 Å². The number of ketones is 1. The van der Waals surface area contributed by atoms with Crippen LogP contribution in [0.1, 0.15) is 42.6 Å². The molecule has 5 heteroatoms. The molecule has 0 saturated heterocycles. The lowest BCUT2D eigenvalue weighted by molar-refractivity contribution is -0.146. The number of hydrogen-bond donors (Lipinski definition) is 2. The average molecular weight is 287 g/mol. The summed E-state index contributed by atoms with van der Waals surface area (Å²) in [6, 6.07) is 5.12.